The van der Waals surface area contributed by atoms with Crippen molar-refractivity contribution in [2.24, 2.45) is 29.6 Å². The van der Waals surface area contributed by atoms with E-state index >= 15 is 0 Å². The minimum Gasteiger partial charge on any atom is -0.393 e. The van der Waals surface area contributed by atoms with Crippen LogP contribution >= 0.6 is 0 Å². The molecule has 0 heterocycles. The first-order valence-electron chi connectivity index (χ1n) is 20.3. The first-order chi connectivity index (χ1) is 23.9. The molecule has 2 rings (SSSR count). The molecule has 0 bridgehead atoms. The highest BCUT2D eigenvalue weighted by molar-refractivity contribution is 5.79. The van der Waals surface area contributed by atoms with Gasteiger partial charge >= 0.3 is 0 Å². The van der Waals surface area contributed by atoms with Gasteiger partial charge in [-0.05, 0) is 82.0 Å². The third-order valence-electron chi connectivity index (χ3n) is 11.1. The molecule has 5 unspecified atom stereocenters. The number of amides is 1. The monoisotopic (exact) mass is 694 g/mol. The summed E-state index contributed by atoms with van der Waals surface area (Å²) in [5, 5.41) is 26.1. The Morgan fingerprint density at radius 1 is 0.796 bits per heavy atom. The number of unbranched alkanes of at least 4 members (excludes halogenated alkanes) is 1. The molecule has 8 nitrogen and oxygen atoms in total. The number of nitrogens with one attached hydrogen (secondary N) is 1. The Labute approximate surface area is 299 Å². The molecular weight excluding hydrogens is 618 g/mol. The van der Waals surface area contributed by atoms with E-state index in [9.17, 15) is 19.8 Å². The third kappa shape index (κ3) is 20.3. The molecule has 2 saturated carbocycles. The zero-order valence-corrected chi connectivity index (χ0v) is 31.7. The van der Waals surface area contributed by atoms with Crippen molar-refractivity contribution in [2.75, 3.05) is 46.7 Å². The standard InChI is InChI=1S/C41H75NO7/c1-4-6-19-36(41(46)42-23-7-5-2)32-40(45)37(30-34-17-12-9-13-18-34)31-38(43)21-22-39(44)35(29-33-15-10-8-11-16-33)20-14-24-48-27-28-49-26-25-47-3/h4,6,33-37,39-40,44-45H,5,7-32H2,1-3H3,(H,42,46)/b6-4+. The van der Waals surface area contributed by atoms with Gasteiger partial charge in [-0.15, -0.1) is 0 Å². The van der Waals surface area contributed by atoms with Crippen LogP contribution in [0.4, 0.5) is 0 Å². The van der Waals surface area contributed by atoms with E-state index < -0.39 is 12.2 Å². The molecule has 0 aliphatic heterocycles. The fourth-order valence-corrected chi connectivity index (χ4v) is 8.02. The van der Waals surface area contributed by atoms with Crippen LogP contribution in [0.3, 0.4) is 0 Å². The van der Waals surface area contributed by atoms with Gasteiger partial charge in [0.15, 0.2) is 0 Å². The average molecular weight is 694 g/mol. The van der Waals surface area contributed by atoms with Gasteiger partial charge in [0, 0.05) is 39.0 Å². The summed E-state index contributed by atoms with van der Waals surface area (Å²) < 4.78 is 16.3. The highest BCUT2D eigenvalue weighted by Crippen LogP contribution is 2.35. The van der Waals surface area contributed by atoms with E-state index in [1.807, 2.05) is 19.1 Å². The highest BCUT2D eigenvalue weighted by Gasteiger charge is 2.31. The summed E-state index contributed by atoms with van der Waals surface area (Å²) in [5.41, 5.74) is 0. The van der Waals surface area contributed by atoms with Gasteiger partial charge in [-0.3, -0.25) is 9.59 Å². The van der Waals surface area contributed by atoms with Crippen LogP contribution in [0.5, 0.6) is 0 Å². The summed E-state index contributed by atoms with van der Waals surface area (Å²) in [7, 11) is 1.66. The molecule has 0 spiro atoms. The lowest BCUT2D eigenvalue weighted by atomic mass is 9.76. The van der Waals surface area contributed by atoms with Crippen LogP contribution in [0.25, 0.3) is 0 Å². The maximum atomic E-state index is 13.6. The van der Waals surface area contributed by atoms with Crippen molar-refractivity contribution in [3.05, 3.63) is 12.2 Å². The molecule has 3 N–H and O–H groups in total. The lowest BCUT2D eigenvalue weighted by Gasteiger charge is -2.31. The maximum absolute atomic E-state index is 13.6. The first-order valence-corrected chi connectivity index (χ1v) is 20.3. The Hall–Kier alpha value is -1.32. The van der Waals surface area contributed by atoms with Crippen LogP contribution < -0.4 is 5.32 Å². The Kier molecular flexibility index (Phi) is 25.3. The number of hydrogen-bond acceptors (Lipinski definition) is 7. The number of allylic oxidation sites excluding steroid dienone is 2. The quantitative estimate of drug-likeness (QED) is 0.0538. The SMILES string of the molecule is C/C=C/CC(CC(O)C(CC(=O)CCC(O)C(CCCOCCOCCOC)CC1CCCCC1)CC1CCCCC1)C(=O)NCCCC. The van der Waals surface area contributed by atoms with Crippen LogP contribution in [-0.4, -0.2) is 80.8 Å². The van der Waals surface area contributed by atoms with E-state index in [2.05, 4.69) is 12.2 Å². The molecule has 49 heavy (non-hydrogen) atoms. The van der Waals surface area contributed by atoms with Crippen LogP contribution in [0.15, 0.2) is 12.2 Å². The predicted molar refractivity (Wildman–Crippen MR) is 198 cm³/mol. The molecule has 0 aromatic heterocycles. The normalized spacial score (nSPS) is 19.4. The Morgan fingerprint density at radius 2 is 1.41 bits per heavy atom. The van der Waals surface area contributed by atoms with Crippen LogP contribution in [0, 0.1) is 29.6 Å². The van der Waals surface area contributed by atoms with Gasteiger partial charge in [0.2, 0.25) is 5.91 Å². The van der Waals surface area contributed by atoms with Gasteiger partial charge in [-0.1, -0.05) is 89.7 Å². The van der Waals surface area contributed by atoms with E-state index in [1.54, 1.807) is 7.11 Å². The van der Waals surface area contributed by atoms with E-state index in [0.717, 1.165) is 51.4 Å². The van der Waals surface area contributed by atoms with Gasteiger partial charge in [-0.25, -0.2) is 0 Å². The van der Waals surface area contributed by atoms with Crippen molar-refractivity contribution in [3.63, 3.8) is 0 Å². The molecule has 0 aromatic rings. The number of aliphatic hydroxyl groups excluding tert-OH is 2. The molecule has 1 amide bonds. The number of rotatable bonds is 29. The zero-order valence-electron chi connectivity index (χ0n) is 31.7. The van der Waals surface area contributed by atoms with Crippen LogP contribution in [0.2, 0.25) is 0 Å². The van der Waals surface area contributed by atoms with Gasteiger partial charge in [0.25, 0.3) is 0 Å². The number of aliphatic hydroxyl groups is 2. The van der Waals surface area contributed by atoms with Crippen molar-refractivity contribution in [1.82, 2.24) is 5.32 Å². The van der Waals surface area contributed by atoms with E-state index in [4.69, 9.17) is 14.2 Å². The number of carbonyl (C=O) groups excluding carboxylic acids is 2. The summed E-state index contributed by atoms with van der Waals surface area (Å²) >= 11 is 0. The Bertz CT molecular complexity index is 855. The molecule has 8 heteroatoms. The minimum atomic E-state index is -0.701. The summed E-state index contributed by atoms with van der Waals surface area (Å²) in [6.07, 6.45) is 22.8. The number of ketones is 1. The molecule has 0 aromatic carbocycles. The number of hydrogen-bond donors (Lipinski definition) is 3. The third-order valence-corrected chi connectivity index (χ3v) is 11.1. The maximum Gasteiger partial charge on any atom is 0.223 e. The second kappa shape index (κ2) is 28.3. The Balaban J connectivity index is 1.96. The number of ether oxygens (including phenoxy) is 3. The minimum absolute atomic E-state index is 0.00119. The van der Waals surface area contributed by atoms with E-state index in [1.165, 1.54) is 51.4 Å². The second-order valence-corrected chi connectivity index (χ2v) is 15.2. The first kappa shape index (κ1) is 43.8. The smallest absolute Gasteiger partial charge is 0.223 e. The van der Waals surface area contributed by atoms with Gasteiger partial charge in [-0.2, -0.15) is 0 Å². The van der Waals surface area contributed by atoms with Crippen LogP contribution in [0.1, 0.15) is 149 Å². The Morgan fingerprint density at radius 3 is 2.02 bits per heavy atom. The lowest BCUT2D eigenvalue weighted by Crippen LogP contribution is -2.36. The average Bonchev–Trinajstić information content (AvgIpc) is 3.11. The van der Waals surface area contributed by atoms with Gasteiger partial charge in [0.05, 0.1) is 38.6 Å². The topological polar surface area (TPSA) is 114 Å². The molecule has 286 valence electrons. The molecule has 5 atom stereocenters. The molecule has 0 saturated heterocycles. The van der Waals surface area contributed by atoms with E-state index in [0.29, 0.717) is 83.5 Å². The highest BCUT2D eigenvalue weighted by atomic mass is 16.5. The second-order valence-electron chi connectivity index (χ2n) is 15.2. The predicted octanol–water partition coefficient (Wildman–Crippen LogP) is 7.97. The number of carbonyl (C=O) groups is 2. The van der Waals surface area contributed by atoms with Gasteiger partial charge < -0.3 is 29.7 Å². The number of Topliss-reactive ketones (excluding diaryl/α,β-unsaturated/α-hetero) is 1. The summed E-state index contributed by atoms with van der Waals surface area (Å²) in [5.74, 6) is 1.02. The lowest BCUT2D eigenvalue weighted by molar-refractivity contribution is -0.126. The molecule has 2 fully saturated rings. The molecular formula is C41H75NO7. The summed E-state index contributed by atoms with van der Waals surface area (Å²) in [6, 6.07) is 0. The van der Waals surface area contributed by atoms with Crippen molar-refractivity contribution < 1.29 is 34.0 Å². The largest absolute Gasteiger partial charge is 0.393 e. The summed E-state index contributed by atoms with van der Waals surface area (Å²) in [6.45, 7) is 7.63. The molecule has 0 radical (unpaired) electrons. The van der Waals surface area contributed by atoms with Crippen molar-refractivity contribution in [1.29, 1.82) is 0 Å². The van der Waals surface area contributed by atoms with Crippen LogP contribution in [-0.2, 0) is 23.8 Å². The fourth-order valence-electron chi connectivity index (χ4n) is 8.02. The zero-order chi connectivity index (χ0) is 35.5. The summed E-state index contributed by atoms with van der Waals surface area (Å²) in [4.78, 5) is 26.6. The van der Waals surface area contributed by atoms with Crippen molar-refractivity contribution in [2.45, 2.75) is 161 Å². The van der Waals surface area contributed by atoms with Crippen molar-refractivity contribution >= 4 is 11.7 Å². The number of methoxy groups -OCH3 is 1. The molecule has 2 aliphatic rings. The fraction of sp³-hybridized carbons (Fsp3) is 0.902. The molecule has 2 aliphatic carbocycles. The van der Waals surface area contributed by atoms with Crippen molar-refractivity contribution in [3.8, 4) is 0 Å². The van der Waals surface area contributed by atoms with E-state index in [-0.39, 0.29) is 29.4 Å². The van der Waals surface area contributed by atoms with Gasteiger partial charge in [0.1, 0.15) is 5.78 Å².